The average Bonchev–Trinajstić information content (AvgIpc) is 3.19. The van der Waals surface area contributed by atoms with E-state index >= 15 is 0 Å². The minimum absolute atomic E-state index is 0. The topological polar surface area (TPSA) is 84.7 Å². The van der Waals surface area contributed by atoms with Crippen LogP contribution in [0, 0.1) is 0 Å². The van der Waals surface area contributed by atoms with E-state index in [2.05, 4.69) is 26.2 Å². The highest BCUT2D eigenvalue weighted by molar-refractivity contribution is 5.94. The molecule has 7 nitrogen and oxygen atoms in total. The fourth-order valence-electron chi connectivity index (χ4n) is 2.45. The fourth-order valence-corrected chi connectivity index (χ4v) is 2.45. The zero-order valence-corrected chi connectivity index (χ0v) is 12.9. The van der Waals surface area contributed by atoms with Gasteiger partial charge in [0.1, 0.15) is 6.33 Å². The number of nitrogens with one attached hydrogen (secondary N) is 2. The lowest BCUT2D eigenvalue weighted by molar-refractivity contribution is 0.0950. The van der Waals surface area contributed by atoms with Crippen molar-refractivity contribution in [2.75, 3.05) is 13.1 Å². The quantitative estimate of drug-likeness (QED) is 0.843. The lowest BCUT2D eigenvalue weighted by atomic mass is 10.1. The molecule has 0 radical (unpaired) electrons. The minimum Gasteiger partial charge on any atom is -0.350 e. The molecule has 1 aliphatic heterocycles. The molecule has 0 saturated carbocycles. The lowest BCUT2D eigenvalue weighted by Crippen LogP contribution is -2.37. The van der Waals surface area contributed by atoms with Gasteiger partial charge in [0, 0.05) is 18.2 Å². The van der Waals surface area contributed by atoms with Crippen LogP contribution in [0.25, 0.3) is 0 Å². The Balaban J connectivity index is 0.00000176. The van der Waals surface area contributed by atoms with Gasteiger partial charge >= 0.3 is 0 Å². The molecule has 0 aliphatic carbocycles. The smallest absolute Gasteiger partial charge is 0.251 e. The number of nitrogens with zero attached hydrogens (tertiary/aromatic N) is 4. The van der Waals surface area contributed by atoms with E-state index in [1.54, 1.807) is 11.0 Å². The zero-order chi connectivity index (χ0) is 14.5. The van der Waals surface area contributed by atoms with Gasteiger partial charge in [-0.1, -0.05) is 12.1 Å². The second-order valence-electron chi connectivity index (χ2n) is 5.21. The summed E-state index contributed by atoms with van der Waals surface area (Å²) in [5.41, 5.74) is 1.73. The van der Waals surface area contributed by atoms with E-state index in [0.29, 0.717) is 24.7 Å². The fraction of sp³-hybridized carbons (Fsp3) is 0.429. The van der Waals surface area contributed by atoms with Gasteiger partial charge in [-0.25, -0.2) is 4.68 Å². The van der Waals surface area contributed by atoms with E-state index in [0.717, 1.165) is 18.5 Å². The maximum absolute atomic E-state index is 12.1. The zero-order valence-electron chi connectivity index (χ0n) is 12.1. The summed E-state index contributed by atoms with van der Waals surface area (Å²) in [6.45, 7) is 2.33. The van der Waals surface area contributed by atoms with Crippen LogP contribution in [0.5, 0.6) is 0 Å². The first-order chi connectivity index (χ1) is 10.3. The van der Waals surface area contributed by atoms with Crippen molar-refractivity contribution in [2.24, 2.45) is 0 Å². The molecule has 0 bridgehead atoms. The Labute approximate surface area is 134 Å². The van der Waals surface area contributed by atoms with Crippen LogP contribution in [0.1, 0.15) is 28.8 Å². The second-order valence-corrected chi connectivity index (χ2v) is 5.21. The number of halogens is 1. The first-order valence-corrected chi connectivity index (χ1v) is 7.12. The first-order valence-electron chi connectivity index (χ1n) is 7.12. The van der Waals surface area contributed by atoms with Crippen molar-refractivity contribution in [1.82, 2.24) is 30.8 Å². The van der Waals surface area contributed by atoms with Gasteiger partial charge in [-0.15, -0.1) is 17.5 Å². The Kier molecular flexibility index (Phi) is 5.85. The molecule has 1 fully saturated rings. The third-order valence-corrected chi connectivity index (χ3v) is 3.62. The van der Waals surface area contributed by atoms with Crippen molar-refractivity contribution < 1.29 is 4.79 Å². The predicted molar refractivity (Wildman–Crippen MR) is 84.0 cm³/mol. The number of rotatable bonds is 5. The van der Waals surface area contributed by atoms with Gasteiger partial charge in [0.2, 0.25) is 0 Å². The van der Waals surface area contributed by atoms with Gasteiger partial charge in [0.25, 0.3) is 5.91 Å². The number of hydrogen-bond acceptors (Lipinski definition) is 5. The normalized spacial score (nSPS) is 17.0. The second kappa shape index (κ2) is 7.86. The van der Waals surface area contributed by atoms with E-state index in [4.69, 9.17) is 0 Å². The van der Waals surface area contributed by atoms with Crippen molar-refractivity contribution >= 4 is 18.3 Å². The van der Waals surface area contributed by atoms with Gasteiger partial charge in [-0.05, 0) is 47.5 Å². The van der Waals surface area contributed by atoms with Gasteiger partial charge in [-0.3, -0.25) is 4.79 Å². The third kappa shape index (κ3) is 4.25. The largest absolute Gasteiger partial charge is 0.350 e. The highest BCUT2D eigenvalue weighted by atomic mass is 35.5. The average molecular weight is 323 g/mol. The van der Waals surface area contributed by atoms with E-state index in [1.807, 2.05) is 24.3 Å². The molecule has 1 aliphatic rings. The molecule has 3 rings (SSSR count). The molecule has 2 aromatic rings. The molecule has 2 N–H and O–H groups in total. The highest BCUT2D eigenvalue weighted by Gasteiger charge is 2.15. The Morgan fingerprint density at radius 1 is 1.36 bits per heavy atom. The van der Waals surface area contributed by atoms with Crippen LogP contribution < -0.4 is 10.6 Å². The number of carbonyl (C=O) groups is 1. The van der Waals surface area contributed by atoms with Gasteiger partial charge in [0.05, 0.1) is 6.54 Å². The summed E-state index contributed by atoms with van der Waals surface area (Å²) in [4.78, 5) is 12.1. The number of carbonyl (C=O) groups excluding carboxylic acids is 1. The van der Waals surface area contributed by atoms with Crippen LogP contribution in [0.4, 0.5) is 0 Å². The molecule has 118 valence electrons. The molecule has 0 unspecified atom stereocenters. The minimum atomic E-state index is -0.0299. The van der Waals surface area contributed by atoms with E-state index in [9.17, 15) is 4.79 Å². The van der Waals surface area contributed by atoms with Crippen molar-refractivity contribution in [3.63, 3.8) is 0 Å². The summed E-state index contributed by atoms with van der Waals surface area (Å²) in [6.07, 6.45) is 3.88. The van der Waals surface area contributed by atoms with Gasteiger partial charge in [0.15, 0.2) is 0 Å². The Morgan fingerprint density at radius 2 is 2.18 bits per heavy atom. The van der Waals surface area contributed by atoms with Crippen molar-refractivity contribution in [1.29, 1.82) is 0 Å². The van der Waals surface area contributed by atoms with E-state index in [-0.39, 0.29) is 18.3 Å². The summed E-state index contributed by atoms with van der Waals surface area (Å²) in [5, 5.41) is 17.3. The van der Waals surface area contributed by atoms with Crippen LogP contribution in [-0.2, 0) is 6.54 Å². The molecule has 2 heterocycles. The molecule has 22 heavy (non-hydrogen) atoms. The Hall–Kier alpha value is -1.99. The summed E-state index contributed by atoms with van der Waals surface area (Å²) < 4.78 is 1.64. The SMILES string of the molecule is Cl.O=C(NC[C@H]1CCCN1)c1ccc(Cn2cnnn2)cc1. The van der Waals surface area contributed by atoms with E-state index < -0.39 is 0 Å². The molecule has 1 atom stereocenters. The van der Waals surface area contributed by atoms with Crippen LogP contribution >= 0.6 is 12.4 Å². The Morgan fingerprint density at radius 3 is 2.82 bits per heavy atom. The summed E-state index contributed by atoms with van der Waals surface area (Å²) >= 11 is 0. The maximum atomic E-state index is 12.1. The standard InChI is InChI=1S/C14H18N6O.ClH/c21-14(16-8-13-2-1-7-15-13)12-5-3-11(4-6-12)9-20-10-17-18-19-20;/h3-6,10,13,15H,1-2,7-9H2,(H,16,21);1H/t13-;/m1./s1. The van der Waals surface area contributed by atoms with Crippen LogP contribution in [0.2, 0.25) is 0 Å². The number of aromatic nitrogens is 4. The molecular formula is C14H19ClN6O. The summed E-state index contributed by atoms with van der Waals surface area (Å²) in [5.74, 6) is -0.0299. The number of tetrazole rings is 1. The number of amides is 1. The van der Waals surface area contributed by atoms with Gasteiger partial charge < -0.3 is 10.6 Å². The Bertz CT molecular complexity index is 580. The van der Waals surface area contributed by atoms with Gasteiger partial charge in [-0.2, -0.15) is 0 Å². The molecular weight excluding hydrogens is 304 g/mol. The van der Waals surface area contributed by atoms with Crippen molar-refractivity contribution in [2.45, 2.75) is 25.4 Å². The lowest BCUT2D eigenvalue weighted by Gasteiger charge is -2.11. The molecule has 1 amide bonds. The van der Waals surface area contributed by atoms with Crippen molar-refractivity contribution in [3.8, 4) is 0 Å². The summed E-state index contributed by atoms with van der Waals surface area (Å²) in [6, 6.07) is 7.91. The molecule has 1 aromatic carbocycles. The number of hydrogen-bond donors (Lipinski definition) is 2. The maximum Gasteiger partial charge on any atom is 0.251 e. The van der Waals surface area contributed by atoms with Crippen LogP contribution in [0.15, 0.2) is 30.6 Å². The summed E-state index contributed by atoms with van der Waals surface area (Å²) in [7, 11) is 0. The third-order valence-electron chi connectivity index (χ3n) is 3.62. The van der Waals surface area contributed by atoms with Crippen LogP contribution in [0.3, 0.4) is 0 Å². The first kappa shape index (κ1) is 16.4. The molecule has 0 spiro atoms. The van der Waals surface area contributed by atoms with Crippen molar-refractivity contribution in [3.05, 3.63) is 41.7 Å². The molecule has 1 saturated heterocycles. The molecule has 8 heteroatoms. The predicted octanol–water partition coefficient (Wildman–Crippen LogP) is 0.625. The highest BCUT2D eigenvalue weighted by Crippen LogP contribution is 2.07. The number of benzene rings is 1. The van der Waals surface area contributed by atoms with Crippen LogP contribution in [-0.4, -0.2) is 45.2 Å². The van der Waals surface area contributed by atoms with E-state index in [1.165, 1.54) is 6.42 Å². The monoisotopic (exact) mass is 322 g/mol. The molecule has 1 aromatic heterocycles.